The standard InChI is InChI=1S/C22H20N2O4/c25-19(15-7-3-1-4-8-15)21(27)23-17-11-13-18(14-12-17)24-22(28)20(26)16-9-5-2-6-10-16/h1-14,19-20,25-26H,(H,23,27)(H,24,28). The minimum atomic E-state index is -1.28. The van der Waals surface area contributed by atoms with Crippen LogP contribution in [0.2, 0.25) is 0 Å². The van der Waals surface area contributed by atoms with Crippen LogP contribution in [-0.2, 0) is 9.59 Å². The summed E-state index contributed by atoms with van der Waals surface area (Å²) < 4.78 is 0. The molecule has 2 atom stereocenters. The Morgan fingerprint density at radius 2 is 0.893 bits per heavy atom. The zero-order valence-electron chi connectivity index (χ0n) is 14.9. The Morgan fingerprint density at radius 3 is 1.21 bits per heavy atom. The second-order valence-electron chi connectivity index (χ2n) is 6.18. The molecule has 0 aliphatic carbocycles. The van der Waals surface area contributed by atoms with Crippen LogP contribution in [0.25, 0.3) is 0 Å². The molecular formula is C22H20N2O4. The first-order chi connectivity index (χ1) is 13.5. The van der Waals surface area contributed by atoms with Crippen LogP contribution in [0.3, 0.4) is 0 Å². The molecule has 3 rings (SSSR count). The number of aliphatic hydroxyl groups excluding tert-OH is 2. The summed E-state index contributed by atoms with van der Waals surface area (Å²) in [7, 11) is 0. The van der Waals surface area contributed by atoms with E-state index in [1.54, 1.807) is 84.9 Å². The molecule has 0 aliphatic heterocycles. The Kier molecular flexibility index (Phi) is 6.16. The largest absolute Gasteiger partial charge is 0.378 e. The van der Waals surface area contributed by atoms with E-state index in [2.05, 4.69) is 10.6 Å². The van der Waals surface area contributed by atoms with Crippen LogP contribution in [-0.4, -0.2) is 22.0 Å². The highest BCUT2D eigenvalue weighted by Gasteiger charge is 2.18. The van der Waals surface area contributed by atoms with E-state index in [0.717, 1.165) is 0 Å². The number of carbonyl (C=O) groups excluding carboxylic acids is 2. The van der Waals surface area contributed by atoms with Crippen LogP contribution in [0.5, 0.6) is 0 Å². The minimum absolute atomic E-state index is 0.474. The van der Waals surface area contributed by atoms with Gasteiger partial charge in [-0.05, 0) is 35.4 Å². The van der Waals surface area contributed by atoms with Crippen molar-refractivity contribution in [2.75, 3.05) is 10.6 Å². The van der Waals surface area contributed by atoms with Crippen molar-refractivity contribution in [2.45, 2.75) is 12.2 Å². The molecule has 0 fully saturated rings. The zero-order chi connectivity index (χ0) is 19.9. The van der Waals surface area contributed by atoms with Crippen molar-refractivity contribution in [2.24, 2.45) is 0 Å². The summed E-state index contributed by atoms with van der Waals surface area (Å²) in [4.78, 5) is 24.3. The van der Waals surface area contributed by atoms with Crippen molar-refractivity contribution in [3.8, 4) is 0 Å². The molecular weight excluding hydrogens is 356 g/mol. The zero-order valence-corrected chi connectivity index (χ0v) is 14.9. The van der Waals surface area contributed by atoms with Crippen molar-refractivity contribution < 1.29 is 19.8 Å². The van der Waals surface area contributed by atoms with Crippen LogP contribution >= 0.6 is 0 Å². The van der Waals surface area contributed by atoms with Gasteiger partial charge in [-0.3, -0.25) is 9.59 Å². The summed E-state index contributed by atoms with van der Waals surface area (Å²) in [5.74, 6) is -1.11. The smallest absolute Gasteiger partial charge is 0.257 e. The monoisotopic (exact) mass is 376 g/mol. The van der Waals surface area contributed by atoms with E-state index in [1.807, 2.05) is 0 Å². The van der Waals surface area contributed by atoms with Crippen LogP contribution in [0.15, 0.2) is 84.9 Å². The van der Waals surface area contributed by atoms with E-state index >= 15 is 0 Å². The number of benzene rings is 3. The van der Waals surface area contributed by atoms with Gasteiger partial charge in [-0.1, -0.05) is 60.7 Å². The van der Waals surface area contributed by atoms with Gasteiger partial charge in [0.1, 0.15) is 0 Å². The highest BCUT2D eigenvalue weighted by Crippen LogP contribution is 2.19. The number of amides is 2. The molecule has 6 nitrogen and oxygen atoms in total. The number of aliphatic hydroxyl groups is 2. The summed E-state index contributed by atoms with van der Waals surface area (Å²) >= 11 is 0. The number of carbonyl (C=O) groups is 2. The lowest BCUT2D eigenvalue weighted by Gasteiger charge is -2.13. The van der Waals surface area contributed by atoms with E-state index in [1.165, 1.54) is 0 Å². The van der Waals surface area contributed by atoms with Gasteiger partial charge < -0.3 is 20.8 Å². The fourth-order valence-electron chi connectivity index (χ4n) is 2.63. The Labute approximate surface area is 162 Å². The molecule has 6 heteroatoms. The average Bonchev–Trinajstić information content (AvgIpc) is 2.75. The van der Waals surface area contributed by atoms with Crippen molar-refractivity contribution in [3.63, 3.8) is 0 Å². The molecule has 2 amide bonds. The van der Waals surface area contributed by atoms with E-state index in [9.17, 15) is 19.8 Å². The van der Waals surface area contributed by atoms with Gasteiger partial charge >= 0.3 is 0 Å². The first-order valence-corrected chi connectivity index (χ1v) is 8.72. The normalized spacial score (nSPS) is 12.6. The van der Waals surface area contributed by atoms with Crippen LogP contribution < -0.4 is 10.6 Å². The molecule has 0 spiro atoms. The van der Waals surface area contributed by atoms with Crippen LogP contribution in [0.4, 0.5) is 11.4 Å². The lowest BCUT2D eigenvalue weighted by atomic mass is 10.1. The first kappa shape index (κ1) is 19.3. The van der Waals surface area contributed by atoms with Crippen molar-refractivity contribution in [3.05, 3.63) is 96.1 Å². The summed E-state index contributed by atoms with van der Waals surface area (Å²) in [6.07, 6.45) is -2.55. The van der Waals surface area contributed by atoms with Gasteiger partial charge in [-0.25, -0.2) is 0 Å². The number of anilines is 2. The molecule has 4 N–H and O–H groups in total. The maximum Gasteiger partial charge on any atom is 0.257 e. The summed E-state index contributed by atoms with van der Waals surface area (Å²) in [5.41, 5.74) is 1.95. The predicted molar refractivity (Wildman–Crippen MR) is 107 cm³/mol. The highest BCUT2D eigenvalue weighted by atomic mass is 16.3. The third-order valence-electron chi connectivity index (χ3n) is 4.15. The molecule has 142 valence electrons. The minimum Gasteiger partial charge on any atom is -0.378 e. The van der Waals surface area contributed by atoms with Gasteiger partial charge in [0, 0.05) is 11.4 Å². The second-order valence-corrected chi connectivity index (χ2v) is 6.18. The average molecular weight is 376 g/mol. The molecule has 2 unspecified atom stereocenters. The van der Waals surface area contributed by atoms with Gasteiger partial charge in [-0.2, -0.15) is 0 Å². The van der Waals surface area contributed by atoms with E-state index in [0.29, 0.717) is 22.5 Å². The Morgan fingerprint density at radius 1 is 0.571 bits per heavy atom. The molecule has 0 heterocycles. The fraction of sp³-hybridized carbons (Fsp3) is 0.0909. The number of hydrogen-bond donors (Lipinski definition) is 4. The Balaban J connectivity index is 1.59. The third-order valence-corrected chi connectivity index (χ3v) is 4.15. The van der Waals surface area contributed by atoms with Crippen molar-refractivity contribution in [1.29, 1.82) is 0 Å². The van der Waals surface area contributed by atoms with Crippen molar-refractivity contribution in [1.82, 2.24) is 0 Å². The summed E-state index contributed by atoms with van der Waals surface area (Å²) in [6.45, 7) is 0. The van der Waals surface area contributed by atoms with Gasteiger partial charge in [0.15, 0.2) is 12.2 Å². The quantitative estimate of drug-likeness (QED) is 0.531. The predicted octanol–water partition coefficient (Wildman–Crippen LogP) is 3.03. The first-order valence-electron chi connectivity index (χ1n) is 8.72. The van der Waals surface area contributed by atoms with Gasteiger partial charge in [0.2, 0.25) is 0 Å². The maximum atomic E-state index is 12.2. The summed E-state index contributed by atoms with van der Waals surface area (Å²) in [5, 5.41) is 25.4. The van der Waals surface area contributed by atoms with Crippen LogP contribution in [0.1, 0.15) is 23.3 Å². The van der Waals surface area contributed by atoms with Gasteiger partial charge in [0.25, 0.3) is 11.8 Å². The molecule has 28 heavy (non-hydrogen) atoms. The molecule has 0 saturated carbocycles. The summed E-state index contributed by atoms with van der Waals surface area (Å²) in [6, 6.07) is 23.6. The topological polar surface area (TPSA) is 98.7 Å². The lowest BCUT2D eigenvalue weighted by Crippen LogP contribution is -2.21. The molecule has 0 bridgehead atoms. The molecule has 0 aromatic heterocycles. The molecule has 0 aliphatic rings. The van der Waals surface area contributed by atoms with Crippen LogP contribution in [0, 0.1) is 0 Å². The number of rotatable bonds is 6. The second kappa shape index (κ2) is 8.94. The number of nitrogens with one attached hydrogen (secondary N) is 2. The van der Waals surface area contributed by atoms with E-state index in [4.69, 9.17) is 0 Å². The molecule has 3 aromatic carbocycles. The Bertz CT molecular complexity index is 849. The van der Waals surface area contributed by atoms with E-state index in [-0.39, 0.29) is 0 Å². The van der Waals surface area contributed by atoms with Gasteiger partial charge in [0.05, 0.1) is 0 Å². The number of hydrogen-bond acceptors (Lipinski definition) is 4. The SMILES string of the molecule is O=C(Nc1ccc(NC(=O)C(O)c2ccccc2)cc1)C(O)c1ccccc1. The van der Waals surface area contributed by atoms with E-state index < -0.39 is 24.0 Å². The highest BCUT2D eigenvalue weighted by molar-refractivity contribution is 5.96. The third kappa shape index (κ3) is 4.82. The Hall–Kier alpha value is -3.48. The molecule has 3 aromatic rings. The maximum absolute atomic E-state index is 12.2. The van der Waals surface area contributed by atoms with Gasteiger partial charge in [-0.15, -0.1) is 0 Å². The lowest BCUT2D eigenvalue weighted by molar-refractivity contribution is -0.124. The van der Waals surface area contributed by atoms with Crippen molar-refractivity contribution >= 4 is 23.2 Å². The molecule has 0 radical (unpaired) electrons. The fourth-order valence-corrected chi connectivity index (χ4v) is 2.63. The molecule has 0 saturated heterocycles.